The lowest BCUT2D eigenvalue weighted by Crippen LogP contribution is -2.53. The number of carbonyl (C=O) groups excluding carboxylic acids is 2. The van der Waals surface area contributed by atoms with Gasteiger partial charge >= 0.3 is 5.97 Å². The standard InChI is InChI=1S/C28H29FN4O5/c1-16(27(36)30-19-5-3-18(4-6-19)17(2)34)31-9-11-32(12-10-31)25-14-24-21(13-23(25)29)26(35)22(28(37)38)15-33(24)20-7-8-20/h3-6,13-16,20H,7-12H2,1-2H3,(H,30,36)(H,37,38). The summed E-state index contributed by atoms with van der Waals surface area (Å²) >= 11 is 0. The number of benzene rings is 2. The maximum Gasteiger partial charge on any atom is 0.341 e. The summed E-state index contributed by atoms with van der Waals surface area (Å²) in [5.41, 5.74) is 1.03. The van der Waals surface area contributed by atoms with E-state index in [0.717, 1.165) is 18.9 Å². The number of hydrogen-bond acceptors (Lipinski definition) is 6. The number of nitrogens with zero attached hydrogens (tertiary/aromatic N) is 3. The third kappa shape index (κ3) is 4.91. The molecule has 1 amide bonds. The number of Topliss-reactive ketones (excluding diaryl/α,β-unsaturated/α-hetero) is 1. The molecular formula is C28H29FN4O5. The average molecular weight is 521 g/mol. The van der Waals surface area contributed by atoms with Crippen LogP contribution in [0.15, 0.2) is 47.4 Å². The molecule has 10 heteroatoms. The van der Waals surface area contributed by atoms with E-state index in [4.69, 9.17) is 0 Å². The van der Waals surface area contributed by atoms with Crippen molar-refractivity contribution >= 4 is 39.9 Å². The molecule has 2 fully saturated rings. The number of rotatable bonds is 7. The van der Waals surface area contributed by atoms with Crippen molar-refractivity contribution in [2.75, 3.05) is 36.4 Å². The summed E-state index contributed by atoms with van der Waals surface area (Å²) in [7, 11) is 0. The summed E-state index contributed by atoms with van der Waals surface area (Å²) in [6, 6.07) is 9.22. The Kier molecular flexibility index (Phi) is 6.75. The molecule has 2 aromatic carbocycles. The first kappa shape index (κ1) is 25.6. The van der Waals surface area contributed by atoms with Gasteiger partial charge in [0.2, 0.25) is 11.3 Å². The van der Waals surface area contributed by atoms with Gasteiger partial charge in [0.05, 0.1) is 17.2 Å². The number of piperazine rings is 1. The fraction of sp³-hybridized carbons (Fsp3) is 0.357. The van der Waals surface area contributed by atoms with Crippen LogP contribution in [0, 0.1) is 5.82 Å². The zero-order chi connectivity index (χ0) is 27.1. The Bertz CT molecular complexity index is 1490. The summed E-state index contributed by atoms with van der Waals surface area (Å²) in [6.07, 6.45) is 3.13. The average Bonchev–Trinajstić information content (AvgIpc) is 3.74. The third-order valence-corrected chi connectivity index (χ3v) is 7.41. The summed E-state index contributed by atoms with van der Waals surface area (Å²) in [4.78, 5) is 52.5. The van der Waals surface area contributed by atoms with Crippen LogP contribution in [0.5, 0.6) is 0 Å². The molecule has 1 saturated heterocycles. The van der Waals surface area contributed by atoms with Crippen molar-refractivity contribution < 1.29 is 23.9 Å². The highest BCUT2D eigenvalue weighted by Gasteiger charge is 2.30. The van der Waals surface area contributed by atoms with Crippen LogP contribution in [0.4, 0.5) is 15.8 Å². The highest BCUT2D eigenvalue weighted by atomic mass is 19.1. The number of amides is 1. The fourth-order valence-electron chi connectivity index (χ4n) is 4.96. The molecule has 5 rings (SSSR count). The Hall–Kier alpha value is -4.05. The number of carboxylic acid groups (broad SMARTS) is 1. The van der Waals surface area contributed by atoms with Crippen molar-refractivity contribution in [3.05, 3.63) is 69.8 Å². The Morgan fingerprint density at radius 1 is 1.05 bits per heavy atom. The maximum atomic E-state index is 15.2. The quantitative estimate of drug-likeness (QED) is 0.459. The number of ketones is 1. The van der Waals surface area contributed by atoms with E-state index in [9.17, 15) is 24.3 Å². The van der Waals surface area contributed by atoms with Crippen LogP contribution < -0.4 is 15.6 Å². The van der Waals surface area contributed by atoms with Crippen LogP contribution in [0.25, 0.3) is 10.9 Å². The first-order valence-electron chi connectivity index (χ1n) is 12.7. The van der Waals surface area contributed by atoms with Gasteiger partial charge in [0.15, 0.2) is 5.78 Å². The normalized spacial score (nSPS) is 16.9. The summed E-state index contributed by atoms with van der Waals surface area (Å²) < 4.78 is 17.0. The number of halogens is 1. The van der Waals surface area contributed by atoms with Gasteiger partial charge < -0.3 is 19.9 Å². The summed E-state index contributed by atoms with van der Waals surface area (Å²) in [6.45, 7) is 5.33. The van der Waals surface area contributed by atoms with Crippen LogP contribution >= 0.6 is 0 Å². The van der Waals surface area contributed by atoms with Crippen molar-refractivity contribution in [3.63, 3.8) is 0 Å². The molecule has 38 heavy (non-hydrogen) atoms. The van der Waals surface area contributed by atoms with E-state index in [1.807, 2.05) is 16.7 Å². The molecule has 9 nitrogen and oxygen atoms in total. The molecule has 0 radical (unpaired) electrons. The lowest BCUT2D eigenvalue weighted by molar-refractivity contribution is -0.120. The van der Waals surface area contributed by atoms with Gasteiger partial charge in [-0.1, -0.05) is 0 Å². The number of aromatic carboxylic acids is 1. The molecule has 1 aliphatic heterocycles. The zero-order valence-electron chi connectivity index (χ0n) is 21.2. The Labute approximate surface area is 218 Å². The van der Waals surface area contributed by atoms with Gasteiger partial charge in [-0.05, 0) is 63.1 Å². The Morgan fingerprint density at radius 3 is 2.29 bits per heavy atom. The molecule has 1 aromatic heterocycles. The molecule has 3 aromatic rings. The Balaban J connectivity index is 1.30. The minimum atomic E-state index is -1.32. The molecule has 1 atom stereocenters. The highest BCUT2D eigenvalue weighted by Crippen LogP contribution is 2.38. The van der Waals surface area contributed by atoms with Crippen LogP contribution in [-0.4, -0.2) is 64.5 Å². The molecule has 0 spiro atoms. The van der Waals surface area contributed by atoms with Crippen molar-refractivity contribution in [2.24, 2.45) is 0 Å². The van der Waals surface area contributed by atoms with Crippen LogP contribution in [0.1, 0.15) is 53.4 Å². The number of pyridine rings is 1. The summed E-state index contributed by atoms with van der Waals surface area (Å²) in [5, 5.41) is 12.4. The van der Waals surface area contributed by atoms with Crippen LogP contribution in [-0.2, 0) is 4.79 Å². The zero-order valence-corrected chi connectivity index (χ0v) is 21.2. The number of carbonyl (C=O) groups is 3. The lowest BCUT2D eigenvalue weighted by atomic mass is 10.1. The van der Waals surface area contributed by atoms with Crippen LogP contribution in [0.2, 0.25) is 0 Å². The van der Waals surface area contributed by atoms with Crippen molar-refractivity contribution in [2.45, 2.75) is 38.8 Å². The highest BCUT2D eigenvalue weighted by molar-refractivity contribution is 5.97. The molecule has 1 aliphatic carbocycles. The molecule has 1 unspecified atom stereocenters. The third-order valence-electron chi connectivity index (χ3n) is 7.41. The number of hydrogen-bond donors (Lipinski definition) is 2. The van der Waals surface area contributed by atoms with E-state index >= 15 is 4.39 Å². The summed E-state index contributed by atoms with van der Waals surface area (Å²) in [5.74, 6) is -2.11. The molecule has 198 valence electrons. The van der Waals surface area contributed by atoms with Gasteiger partial charge in [0.1, 0.15) is 11.4 Å². The van der Waals surface area contributed by atoms with E-state index in [1.165, 1.54) is 13.1 Å². The molecule has 1 saturated carbocycles. The van der Waals surface area contributed by atoms with E-state index in [2.05, 4.69) is 5.32 Å². The smallest absolute Gasteiger partial charge is 0.341 e. The van der Waals surface area contributed by atoms with Gasteiger partial charge in [-0.15, -0.1) is 0 Å². The Morgan fingerprint density at radius 2 is 1.71 bits per heavy atom. The number of aromatic nitrogens is 1. The maximum absolute atomic E-state index is 15.2. The minimum Gasteiger partial charge on any atom is -0.477 e. The number of nitrogens with one attached hydrogen (secondary N) is 1. The van der Waals surface area contributed by atoms with Gasteiger partial charge in [-0.25, -0.2) is 9.18 Å². The predicted molar refractivity (Wildman–Crippen MR) is 142 cm³/mol. The number of carboxylic acids is 1. The van der Waals surface area contributed by atoms with Gasteiger partial charge in [-0.2, -0.15) is 0 Å². The predicted octanol–water partition coefficient (Wildman–Crippen LogP) is 3.53. The van der Waals surface area contributed by atoms with Gasteiger partial charge in [-0.3, -0.25) is 19.3 Å². The molecule has 0 bridgehead atoms. The molecule has 2 aliphatic rings. The fourth-order valence-corrected chi connectivity index (χ4v) is 4.96. The minimum absolute atomic E-state index is 0.0437. The second-order valence-corrected chi connectivity index (χ2v) is 9.96. The number of anilines is 2. The van der Waals surface area contributed by atoms with Crippen molar-refractivity contribution in [1.82, 2.24) is 9.47 Å². The lowest BCUT2D eigenvalue weighted by Gasteiger charge is -2.38. The molecule has 2 N–H and O–H groups in total. The first-order chi connectivity index (χ1) is 18.1. The van der Waals surface area contributed by atoms with Crippen LogP contribution in [0.3, 0.4) is 0 Å². The molecular weight excluding hydrogens is 491 g/mol. The number of fused-ring (bicyclic) bond motifs is 1. The first-order valence-corrected chi connectivity index (χ1v) is 12.7. The second-order valence-electron chi connectivity index (χ2n) is 9.96. The monoisotopic (exact) mass is 520 g/mol. The van der Waals surface area contributed by atoms with Crippen molar-refractivity contribution in [1.29, 1.82) is 0 Å². The van der Waals surface area contributed by atoms with E-state index in [1.54, 1.807) is 34.9 Å². The van der Waals surface area contributed by atoms with E-state index < -0.39 is 23.3 Å². The largest absolute Gasteiger partial charge is 0.477 e. The van der Waals surface area contributed by atoms with E-state index in [-0.39, 0.29) is 28.7 Å². The second kappa shape index (κ2) is 10.0. The SMILES string of the molecule is CC(=O)c1ccc(NC(=O)C(C)N2CCN(c3cc4c(cc3F)c(=O)c(C(=O)O)cn4C3CC3)CC2)cc1. The van der Waals surface area contributed by atoms with Crippen molar-refractivity contribution in [3.8, 4) is 0 Å². The molecule has 2 heterocycles. The topological polar surface area (TPSA) is 112 Å². The van der Waals surface area contributed by atoms with Gasteiger partial charge in [0, 0.05) is 55.1 Å². The van der Waals surface area contributed by atoms with E-state index in [0.29, 0.717) is 48.6 Å². The van der Waals surface area contributed by atoms with Gasteiger partial charge in [0.25, 0.3) is 0 Å².